The van der Waals surface area contributed by atoms with E-state index in [2.05, 4.69) is 518 Å². The van der Waals surface area contributed by atoms with Crippen molar-refractivity contribution < 1.29 is 0 Å². The molecule has 0 bridgehead atoms. The van der Waals surface area contributed by atoms with Gasteiger partial charge < -0.3 is 14.7 Å². The van der Waals surface area contributed by atoms with Gasteiger partial charge in [-0.2, -0.15) is 0 Å². The molecular formula is C132H93N9. The van der Waals surface area contributed by atoms with Crippen molar-refractivity contribution in [2.24, 2.45) is 0 Å². The van der Waals surface area contributed by atoms with Gasteiger partial charge in [0, 0.05) is 101 Å². The van der Waals surface area contributed by atoms with E-state index in [1.807, 2.05) is 60.7 Å². The Balaban J connectivity index is 0.000000121. The van der Waals surface area contributed by atoms with Gasteiger partial charge in [0.2, 0.25) is 0 Å². The van der Waals surface area contributed by atoms with E-state index in [0.29, 0.717) is 0 Å². The van der Waals surface area contributed by atoms with Gasteiger partial charge in [0.1, 0.15) is 0 Å². The second kappa shape index (κ2) is 41.1. The molecule has 0 aliphatic rings. The zero-order chi connectivity index (χ0) is 94.3. The predicted molar refractivity (Wildman–Crippen MR) is 588 cm³/mol. The molecule has 0 aliphatic heterocycles. The molecule has 0 aliphatic carbocycles. The number of benzene rings is 21. The van der Waals surface area contributed by atoms with Crippen molar-refractivity contribution in [3.63, 3.8) is 0 Å². The molecule has 0 unspecified atom stereocenters. The topological polar surface area (TPSA) is 87.1 Å². The summed E-state index contributed by atoms with van der Waals surface area (Å²) < 4.78 is 0. The zero-order valence-electron chi connectivity index (χ0n) is 77.2. The fourth-order valence-corrected chi connectivity index (χ4v) is 18.7. The van der Waals surface area contributed by atoms with Gasteiger partial charge in [-0.1, -0.05) is 431 Å². The van der Waals surface area contributed by atoms with Crippen LogP contribution >= 0.6 is 0 Å². The Labute approximate surface area is 821 Å². The van der Waals surface area contributed by atoms with Crippen LogP contribution in [-0.4, -0.2) is 29.9 Å². The summed E-state index contributed by atoms with van der Waals surface area (Å²) in [5.74, 6) is 0. The van der Waals surface area contributed by atoms with E-state index >= 15 is 0 Å². The first-order valence-corrected chi connectivity index (χ1v) is 47.5. The van der Waals surface area contributed by atoms with Crippen LogP contribution in [0.25, 0.3) is 167 Å². The second-order valence-corrected chi connectivity index (χ2v) is 34.3. The molecule has 0 N–H and O–H groups in total. The molecule has 0 spiro atoms. The third-order valence-electron chi connectivity index (χ3n) is 25.4. The standard InChI is InChI=1S/3C44H31N3/c1-5-15-32(16-6-1)35-19-13-20-36(31-35)40-25-14-26-41-44(40)46-43(33-17-7-2-8-18-33)42(45-41)34-27-29-39(30-28-34)47(37-21-9-3-10-22-37)38-23-11-4-12-24-38;1-5-16-32(17-6-1)38-24-13-14-25-39(38)40-26-15-27-41-44(40)46-43(33-18-7-2-8-19-33)42(45-41)34-28-30-37(31-29-34)47(35-20-9-3-10-21-35)36-22-11-4-12-23-36;1-5-16-32(17-6-1)38-24-13-14-25-39(38)40-26-15-27-41-44(40)46-43(42(45-41)33-18-7-2-8-19-33)34-28-30-37(31-29-34)47(35-20-9-3-10-21-35)36-22-11-4-12-23-36/h3*1-31H. The molecule has 141 heavy (non-hydrogen) atoms. The molecule has 0 amide bonds. The minimum atomic E-state index is 0.853. The summed E-state index contributed by atoms with van der Waals surface area (Å²) in [6.45, 7) is 0. The zero-order valence-corrected chi connectivity index (χ0v) is 77.2. The maximum Gasteiger partial charge on any atom is 0.0973 e. The molecule has 0 saturated carbocycles. The maximum atomic E-state index is 5.45. The molecule has 3 aromatic heterocycles. The van der Waals surface area contributed by atoms with Gasteiger partial charge in [0.25, 0.3) is 0 Å². The van der Waals surface area contributed by atoms with E-state index in [4.69, 9.17) is 29.9 Å². The molecule has 666 valence electrons. The van der Waals surface area contributed by atoms with Crippen LogP contribution in [0.5, 0.6) is 0 Å². The largest absolute Gasteiger partial charge is 0.311 e. The van der Waals surface area contributed by atoms with Crippen molar-refractivity contribution >= 4 is 84.3 Å². The number of nitrogens with zero attached hydrogens (tertiary/aromatic N) is 9. The molecule has 3 heterocycles. The van der Waals surface area contributed by atoms with Gasteiger partial charge in [0.15, 0.2) is 0 Å². The second-order valence-electron chi connectivity index (χ2n) is 34.3. The minimum Gasteiger partial charge on any atom is -0.311 e. The van der Waals surface area contributed by atoms with Crippen molar-refractivity contribution in [3.8, 4) is 134 Å². The Morgan fingerprint density at radius 2 is 0.291 bits per heavy atom. The summed E-state index contributed by atoms with van der Waals surface area (Å²) in [7, 11) is 0. The molecule has 24 aromatic rings. The average molecular weight is 1810 g/mol. The summed E-state index contributed by atoms with van der Waals surface area (Å²) in [5.41, 5.74) is 40.0. The Bertz CT molecular complexity index is 8260. The van der Waals surface area contributed by atoms with Crippen molar-refractivity contribution in [1.29, 1.82) is 0 Å². The Hall–Kier alpha value is -19.0. The quantitative estimate of drug-likeness (QED) is 0.0698. The number of hydrogen-bond donors (Lipinski definition) is 0. The predicted octanol–water partition coefficient (Wildman–Crippen LogP) is 35.3. The van der Waals surface area contributed by atoms with Gasteiger partial charge in [-0.15, -0.1) is 0 Å². The Morgan fingerprint density at radius 3 is 0.574 bits per heavy atom. The fourth-order valence-electron chi connectivity index (χ4n) is 18.7. The van der Waals surface area contributed by atoms with Gasteiger partial charge in [-0.05, 0) is 184 Å². The SMILES string of the molecule is c1ccc(-c2cccc(-c3cccc4nc(-c5ccc(N(c6ccccc6)c6ccccc6)cc5)c(-c5ccccc5)nc34)c2)cc1.c1ccc(-c2ccccc2-c2cccc3nc(-c4ccc(N(c5ccccc5)c5ccccc5)cc4)c(-c4ccccc4)nc23)cc1.c1ccc(-c2ccccc2-c2cccc3nc(-c4ccccc4)c(-c4ccc(N(c5ccccc5)c5ccccc5)cc4)nc23)cc1. The lowest BCUT2D eigenvalue weighted by molar-refractivity contribution is 1.27. The van der Waals surface area contributed by atoms with Crippen molar-refractivity contribution in [1.82, 2.24) is 29.9 Å². The highest BCUT2D eigenvalue weighted by molar-refractivity contribution is 6.03. The minimum absolute atomic E-state index is 0.853. The first kappa shape index (κ1) is 87.4. The van der Waals surface area contributed by atoms with Gasteiger partial charge in [-0.3, -0.25) is 0 Å². The van der Waals surface area contributed by atoms with Crippen LogP contribution < -0.4 is 14.7 Å². The molecule has 24 rings (SSSR count). The highest BCUT2D eigenvalue weighted by Crippen LogP contribution is 2.46. The molecule has 0 radical (unpaired) electrons. The summed E-state index contributed by atoms with van der Waals surface area (Å²) in [4.78, 5) is 39.0. The van der Waals surface area contributed by atoms with Crippen LogP contribution in [0, 0.1) is 0 Å². The third kappa shape index (κ3) is 18.9. The first-order valence-electron chi connectivity index (χ1n) is 47.5. The monoisotopic (exact) mass is 1800 g/mol. The molecule has 0 atom stereocenters. The molecule has 9 heteroatoms. The molecular weight excluding hydrogens is 1710 g/mol. The van der Waals surface area contributed by atoms with E-state index < -0.39 is 0 Å². The highest BCUT2D eigenvalue weighted by atomic mass is 15.2. The van der Waals surface area contributed by atoms with Crippen molar-refractivity contribution in [3.05, 3.63) is 564 Å². The van der Waals surface area contributed by atoms with Gasteiger partial charge >= 0.3 is 0 Å². The lowest BCUT2D eigenvalue weighted by atomic mass is 9.93. The van der Waals surface area contributed by atoms with E-state index in [0.717, 1.165) is 185 Å². The highest BCUT2D eigenvalue weighted by Gasteiger charge is 2.25. The fraction of sp³-hybridized carbons (Fsp3) is 0. The number of aromatic nitrogens is 6. The van der Waals surface area contributed by atoms with E-state index in [1.165, 1.54) is 33.4 Å². The number of fused-ring (bicyclic) bond motifs is 3. The summed E-state index contributed by atoms with van der Waals surface area (Å²) in [6, 6.07) is 196. The van der Waals surface area contributed by atoms with Crippen LogP contribution in [0.15, 0.2) is 564 Å². The average Bonchev–Trinajstić information content (AvgIpc) is 0.810. The molecule has 0 fully saturated rings. The number of hydrogen-bond acceptors (Lipinski definition) is 9. The number of anilines is 9. The maximum absolute atomic E-state index is 5.45. The lowest BCUT2D eigenvalue weighted by Crippen LogP contribution is -2.09. The van der Waals surface area contributed by atoms with E-state index in [1.54, 1.807) is 0 Å². The van der Waals surface area contributed by atoms with Crippen LogP contribution in [0.1, 0.15) is 0 Å². The Kier molecular flexibility index (Phi) is 25.5. The lowest BCUT2D eigenvalue weighted by Gasteiger charge is -2.25. The van der Waals surface area contributed by atoms with Crippen LogP contribution in [-0.2, 0) is 0 Å². The van der Waals surface area contributed by atoms with Gasteiger partial charge in [0.05, 0.1) is 67.3 Å². The summed E-state index contributed by atoms with van der Waals surface area (Å²) in [5, 5.41) is 0. The molecule has 0 saturated heterocycles. The summed E-state index contributed by atoms with van der Waals surface area (Å²) in [6.07, 6.45) is 0. The normalized spacial score (nSPS) is 11.0. The third-order valence-corrected chi connectivity index (χ3v) is 25.4. The van der Waals surface area contributed by atoms with Crippen LogP contribution in [0.4, 0.5) is 51.2 Å². The first-order chi connectivity index (χ1) is 70.0. The molecule has 21 aromatic carbocycles. The van der Waals surface area contributed by atoms with Crippen molar-refractivity contribution in [2.75, 3.05) is 14.7 Å². The van der Waals surface area contributed by atoms with E-state index in [-0.39, 0.29) is 0 Å². The van der Waals surface area contributed by atoms with Crippen LogP contribution in [0.3, 0.4) is 0 Å². The Morgan fingerprint density at radius 1 is 0.106 bits per heavy atom. The number of para-hydroxylation sites is 9. The summed E-state index contributed by atoms with van der Waals surface area (Å²) >= 11 is 0. The van der Waals surface area contributed by atoms with Crippen LogP contribution in [0.2, 0.25) is 0 Å². The number of rotatable bonds is 21. The smallest absolute Gasteiger partial charge is 0.0973 e. The van der Waals surface area contributed by atoms with Crippen molar-refractivity contribution in [2.45, 2.75) is 0 Å². The molecule has 9 nitrogen and oxygen atoms in total. The van der Waals surface area contributed by atoms with Gasteiger partial charge in [-0.25, -0.2) is 29.9 Å². The van der Waals surface area contributed by atoms with E-state index in [9.17, 15) is 0 Å².